The van der Waals surface area contributed by atoms with E-state index in [1.807, 2.05) is 12.1 Å². The molecule has 2 aromatic carbocycles. The van der Waals surface area contributed by atoms with Gasteiger partial charge in [-0.05, 0) is 61.7 Å². The van der Waals surface area contributed by atoms with Crippen LogP contribution >= 0.6 is 15.9 Å². The van der Waals surface area contributed by atoms with Crippen molar-refractivity contribution in [2.24, 2.45) is 0 Å². The molecule has 0 heterocycles. The summed E-state index contributed by atoms with van der Waals surface area (Å²) in [5.74, 6) is 0.330. The molecule has 2 rings (SSSR count). The van der Waals surface area contributed by atoms with Gasteiger partial charge < -0.3 is 10.4 Å². The van der Waals surface area contributed by atoms with Gasteiger partial charge in [-0.15, -0.1) is 0 Å². The Morgan fingerprint density at radius 1 is 1.10 bits per heavy atom. The summed E-state index contributed by atoms with van der Waals surface area (Å²) < 4.78 is 0.978. The Hall–Kier alpha value is -1.48. The van der Waals surface area contributed by atoms with Crippen LogP contribution in [0.3, 0.4) is 0 Å². The summed E-state index contributed by atoms with van der Waals surface area (Å²) in [5.41, 5.74) is 4.48. The molecule has 0 amide bonds. The van der Waals surface area contributed by atoms with Gasteiger partial charge in [0.05, 0.1) is 6.04 Å². The average molecular weight is 334 g/mol. The van der Waals surface area contributed by atoms with Gasteiger partial charge in [0.15, 0.2) is 0 Å². The quantitative estimate of drug-likeness (QED) is 0.791. The van der Waals surface area contributed by atoms with E-state index in [0.29, 0.717) is 5.75 Å². The Balaban J connectivity index is 2.31. The summed E-state index contributed by atoms with van der Waals surface area (Å²) in [5, 5.41) is 13.6. The number of rotatable bonds is 4. The fourth-order valence-corrected chi connectivity index (χ4v) is 2.84. The van der Waals surface area contributed by atoms with E-state index in [1.165, 1.54) is 11.1 Å². The molecule has 0 aliphatic carbocycles. The third kappa shape index (κ3) is 3.54. The monoisotopic (exact) mass is 333 g/mol. The number of aryl methyl sites for hydroxylation is 2. The van der Waals surface area contributed by atoms with Crippen LogP contribution in [0.2, 0.25) is 0 Å². The van der Waals surface area contributed by atoms with Crippen LogP contribution in [0.4, 0.5) is 5.69 Å². The number of anilines is 1. The van der Waals surface area contributed by atoms with Crippen molar-refractivity contribution in [3.63, 3.8) is 0 Å². The average Bonchev–Trinajstić information content (AvgIpc) is 2.38. The fourth-order valence-electron chi connectivity index (χ4n) is 2.46. The topological polar surface area (TPSA) is 32.3 Å². The molecule has 1 unspecified atom stereocenters. The number of halogens is 1. The molecule has 0 aliphatic rings. The third-order valence-corrected chi connectivity index (χ3v) is 3.83. The van der Waals surface area contributed by atoms with E-state index in [1.54, 1.807) is 6.07 Å². The zero-order chi connectivity index (χ0) is 14.7. The van der Waals surface area contributed by atoms with Crippen molar-refractivity contribution in [1.82, 2.24) is 0 Å². The number of phenols is 1. The first-order valence-corrected chi connectivity index (χ1v) is 7.62. The van der Waals surface area contributed by atoms with Crippen LogP contribution in [0, 0.1) is 13.8 Å². The highest BCUT2D eigenvalue weighted by Gasteiger charge is 2.14. The molecule has 0 fully saturated rings. The SMILES string of the molecule is CCC(Nc1cc(C)cc(C)c1)c1cc(Br)ccc1O. The van der Waals surface area contributed by atoms with Crippen LogP contribution in [0.1, 0.15) is 36.1 Å². The lowest BCUT2D eigenvalue weighted by molar-refractivity contribution is 0.462. The molecule has 1 atom stereocenters. The minimum atomic E-state index is 0.0914. The number of hydrogen-bond donors (Lipinski definition) is 2. The number of phenolic OH excluding ortho intramolecular Hbond substituents is 1. The molecule has 2 nitrogen and oxygen atoms in total. The van der Waals surface area contributed by atoms with E-state index in [9.17, 15) is 5.11 Å². The zero-order valence-corrected chi connectivity index (χ0v) is 13.7. The molecule has 0 radical (unpaired) electrons. The van der Waals surface area contributed by atoms with Crippen molar-refractivity contribution in [3.8, 4) is 5.75 Å². The molecule has 2 N–H and O–H groups in total. The standard InChI is InChI=1S/C17H20BrNO/c1-4-16(15-10-13(18)5-6-17(15)20)19-14-8-11(2)7-12(3)9-14/h5-10,16,19-20H,4H2,1-3H3. The van der Waals surface area contributed by atoms with E-state index in [-0.39, 0.29) is 6.04 Å². The summed E-state index contributed by atoms with van der Waals surface area (Å²) in [6.07, 6.45) is 0.900. The second kappa shape index (κ2) is 6.31. The van der Waals surface area contributed by atoms with Gasteiger partial charge in [-0.25, -0.2) is 0 Å². The smallest absolute Gasteiger partial charge is 0.120 e. The third-order valence-electron chi connectivity index (χ3n) is 3.34. The van der Waals surface area contributed by atoms with Gasteiger partial charge in [0.25, 0.3) is 0 Å². The van der Waals surface area contributed by atoms with Gasteiger partial charge in [0, 0.05) is 15.7 Å². The second-order valence-electron chi connectivity index (χ2n) is 5.18. The Morgan fingerprint density at radius 3 is 2.35 bits per heavy atom. The molecule has 0 saturated carbocycles. The molecule has 3 heteroatoms. The molecule has 0 saturated heterocycles. The molecule has 20 heavy (non-hydrogen) atoms. The minimum absolute atomic E-state index is 0.0914. The lowest BCUT2D eigenvalue weighted by atomic mass is 10.0. The Kier molecular flexibility index (Phi) is 4.71. The van der Waals surface area contributed by atoms with Gasteiger partial charge in [0.1, 0.15) is 5.75 Å². The maximum atomic E-state index is 10.1. The first-order valence-electron chi connectivity index (χ1n) is 6.83. The lowest BCUT2D eigenvalue weighted by Crippen LogP contribution is -2.10. The first kappa shape index (κ1) is 14.9. The normalized spacial score (nSPS) is 12.2. The van der Waals surface area contributed by atoms with E-state index < -0.39 is 0 Å². The number of hydrogen-bond acceptors (Lipinski definition) is 2. The number of nitrogens with one attached hydrogen (secondary N) is 1. The first-order chi connectivity index (χ1) is 9.49. The Morgan fingerprint density at radius 2 is 1.75 bits per heavy atom. The van der Waals surface area contributed by atoms with Crippen molar-refractivity contribution in [2.45, 2.75) is 33.2 Å². The lowest BCUT2D eigenvalue weighted by Gasteiger charge is -2.21. The molecule has 0 aromatic heterocycles. The Bertz CT molecular complexity index is 590. The largest absolute Gasteiger partial charge is 0.508 e. The van der Waals surface area contributed by atoms with Gasteiger partial charge >= 0.3 is 0 Å². The van der Waals surface area contributed by atoms with Crippen LogP contribution < -0.4 is 5.32 Å². The van der Waals surface area contributed by atoms with Crippen molar-refractivity contribution in [3.05, 3.63) is 57.6 Å². The molecule has 106 valence electrons. The Labute approximate surface area is 129 Å². The molecule has 0 bridgehead atoms. The second-order valence-corrected chi connectivity index (χ2v) is 6.10. The van der Waals surface area contributed by atoms with Crippen LogP contribution in [0.5, 0.6) is 5.75 Å². The van der Waals surface area contributed by atoms with E-state index in [2.05, 4.69) is 60.2 Å². The summed E-state index contributed by atoms with van der Waals surface area (Å²) in [6, 6.07) is 12.1. The van der Waals surface area contributed by atoms with E-state index >= 15 is 0 Å². The molecule has 0 spiro atoms. The molecule has 0 aliphatic heterocycles. The number of aromatic hydroxyl groups is 1. The van der Waals surface area contributed by atoms with Gasteiger partial charge in [0.2, 0.25) is 0 Å². The van der Waals surface area contributed by atoms with E-state index in [4.69, 9.17) is 0 Å². The van der Waals surface area contributed by atoms with Crippen molar-refractivity contribution in [1.29, 1.82) is 0 Å². The highest BCUT2D eigenvalue weighted by molar-refractivity contribution is 9.10. The fraction of sp³-hybridized carbons (Fsp3) is 0.294. The van der Waals surface area contributed by atoms with E-state index in [0.717, 1.165) is 22.1 Å². The van der Waals surface area contributed by atoms with Crippen LogP contribution in [0.25, 0.3) is 0 Å². The molecule has 2 aromatic rings. The zero-order valence-electron chi connectivity index (χ0n) is 12.1. The minimum Gasteiger partial charge on any atom is -0.508 e. The van der Waals surface area contributed by atoms with Crippen molar-refractivity contribution in [2.75, 3.05) is 5.32 Å². The van der Waals surface area contributed by atoms with Crippen molar-refractivity contribution >= 4 is 21.6 Å². The van der Waals surface area contributed by atoms with Crippen LogP contribution in [-0.2, 0) is 0 Å². The maximum absolute atomic E-state index is 10.1. The summed E-state index contributed by atoms with van der Waals surface area (Å²) in [6.45, 7) is 6.30. The highest BCUT2D eigenvalue weighted by Crippen LogP contribution is 2.32. The summed E-state index contributed by atoms with van der Waals surface area (Å²) >= 11 is 3.46. The predicted octanol–water partition coefficient (Wildman–Crippen LogP) is 5.33. The highest BCUT2D eigenvalue weighted by atomic mass is 79.9. The number of benzene rings is 2. The summed E-state index contributed by atoms with van der Waals surface area (Å²) in [4.78, 5) is 0. The summed E-state index contributed by atoms with van der Waals surface area (Å²) in [7, 11) is 0. The molecular weight excluding hydrogens is 314 g/mol. The van der Waals surface area contributed by atoms with Crippen LogP contribution in [0.15, 0.2) is 40.9 Å². The maximum Gasteiger partial charge on any atom is 0.120 e. The van der Waals surface area contributed by atoms with Gasteiger partial charge in [-0.2, -0.15) is 0 Å². The van der Waals surface area contributed by atoms with Gasteiger partial charge in [-0.1, -0.05) is 28.9 Å². The predicted molar refractivity (Wildman–Crippen MR) is 88.4 cm³/mol. The molecular formula is C17H20BrNO. The van der Waals surface area contributed by atoms with Crippen LogP contribution in [-0.4, -0.2) is 5.11 Å². The van der Waals surface area contributed by atoms with Gasteiger partial charge in [-0.3, -0.25) is 0 Å². The van der Waals surface area contributed by atoms with Crippen molar-refractivity contribution < 1.29 is 5.11 Å².